The van der Waals surface area contributed by atoms with E-state index in [1.54, 1.807) is 26.0 Å². The summed E-state index contributed by atoms with van der Waals surface area (Å²) in [5.74, 6) is -0.324. The summed E-state index contributed by atoms with van der Waals surface area (Å²) in [5.41, 5.74) is 2.45. The minimum absolute atomic E-state index is 0.0339. The van der Waals surface area contributed by atoms with Gasteiger partial charge in [0.1, 0.15) is 10.1 Å². The lowest BCUT2D eigenvalue weighted by molar-refractivity contribution is -0.125. The van der Waals surface area contributed by atoms with E-state index in [0.717, 1.165) is 0 Å². The molecule has 0 unspecified atom stereocenters. The fourth-order valence-electron chi connectivity index (χ4n) is 1.76. The summed E-state index contributed by atoms with van der Waals surface area (Å²) in [6.07, 6.45) is 0.381. The molecule has 1 atom stereocenters. The molecule has 0 aliphatic heterocycles. The Hall–Kier alpha value is -0.970. The number of hydrogen-bond donors (Lipinski definition) is 2. The van der Waals surface area contributed by atoms with Crippen molar-refractivity contribution in [3.8, 4) is 5.75 Å². The average Bonchev–Trinajstić information content (AvgIpc) is 2.89. The van der Waals surface area contributed by atoms with E-state index < -0.39 is 9.75 Å². The molecule has 1 aromatic rings. The second-order valence-electron chi connectivity index (χ2n) is 5.01. The van der Waals surface area contributed by atoms with Crippen molar-refractivity contribution in [2.24, 2.45) is 10.5 Å². The van der Waals surface area contributed by atoms with Gasteiger partial charge in [0.25, 0.3) is 0 Å². The van der Waals surface area contributed by atoms with Crippen LogP contribution in [0.15, 0.2) is 23.3 Å². The van der Waals surface area contributed by atoms with Gasteiger partial charge in [-0.05, 0) is 38.5 Å². The Bertz CT molecular complexity index is 601. The van der Waals surface area contributed by atoms with Crippen molar-refractivity contribution >= 4 is 46.4 Å². The third-order valence-corrected chi connectivity index (χ3v) is 4.77. The summed E-state index contributed by atoms with van der Waals surface area (Å²) in [5, 5.41) is 14.1. The summed E-state index contributed by atoms with van der Waals surface area (Å²) in [6.45, 7) is 3.32. The van der Waals surface area contributed by atoms with E-state index in [9.17, 15) is 9.90 Å². The minimum atomic E-state index is -1.04. The summed E-state index contributed by atoms with van der Waals surface area (Å²) in [6, 6.07) is 4.59. The normalized spacial score (nSPS) is 24.4. The topological polar surface area (TPSA) is 61.7 Å². The molecule has 1 fully saturated rings. The quantitative estimate of drug-likeness (QED) is 0.505. The summed E-state index contributed by atoms with van der Waals surface area (Å²) in [7, 11) is 0. The molecule has 20 heavy (non-hydrogen) atoms. The molecule has 0 bridgehead atoms. The summed E-state index contributed by atoms with van der Waals surface area (Å²) in [4.78, 5) is 12.0. The van der Waals surface area contributed by atoms with Crippen LogP contribution in [0.25, 0.3) is 0 Å². The number of halogens is 3. The number of benzene rings is 1. The van der Waals surface area contributed by atoms with Gasteiger partial charge in [-0.1, -0.05) is 11.6 Å². The monoisotopic (exact) mass is 334 g/mol. The van der Waals surface area contributed by atoms with Crippen molar-refractivity contribution in [3.63, 3.8) is 0 Å². The summed E-state index contributed by atoms with van der Waals surface area (Å²) < 4.78 is -1.04. The van der Waals surface area contributed by atoms with Crippen LogP contribution in [-0.2, 0) is 4.79 Å². The van der Waals surface area contributed by atoms with Crippen LogP contribution in [0, 0.1) is 5.41 Å². The zero-order valence-electron chi connectivity index (χ0n) is 10.9. The van der Waals surface area contributed by atoms with Crippen molar-refractivity contribution in [2.45, 2.75) is 24.6 Å². The molecule has 0 radical (unpaired) electrons. The third-order valence-electron chi connectivity index (χ3n) is 3.43. The highest BCUT2D eigenvalue weighted by molar-refractivity contribution is 6.53. The molecule has 1 aliphatic rings. The van der Waals surface area contributed by atoms with Crippen molar-refractivity contribution in [2.75, 3.05) is 0 Å². The summed E-state index contributed by atoms with van der Waals surface area (Å²) >= 11 is 17.7. The second-order valence-corrected chi connectivity index (χ2v) is 6.93. The number of hydrazone groups is 1. The molecule has 1 amide bonds. The first-order valence-corrected chi connectivity index (χ1v) is 7.02. The first-order chi connectivity index (χ1) is 9.17. The largest absolute Gasteiger partial charge is 0.507 e. The van der Waals surface area contributed by atoms with Crippen LogP contribution in [0.1, 0.15) is 25.8 Å². The van der Waals surface area contributed by atoms with Crippen LogP contribution in [0.2, 0.25) is 5.02 Å². The number of rotatable bonds is 3. The number of carbonyl (C=O) groups excluding carboxylic acids is 1. The van der Waals surface area contributed by atoms with E-state index in [2.05, 4.69) is 10.5 Å². The lowest BCUT2D eigenvalue weighted by Gasteiger charge is -2.10. The Labute approximate surface area is 131 Å². The molecule has 2 N–H and O–H groups in total. The molecule has 2 rings (SSSR count). The Morgan fingerprint density at radius 3 is 2.60 bits per heavy atom. The molecular weight excluding hydrogens is 323 g/mol. The smallest absolute Gasteiger partial charge is 0.249 e. The van der Waals surface area contributed by atoms with Gasteiger partial charge >= 0.3 is 0 Å². The van der Waals surface area contributed by atoms with Crippen molar-refractivity contribution < 1.29 is 9.90 Å². The predicted octanol–water partition coefficient (Wildman–Crippen LogP) is 3.47. The van der Waals surface area contributed by atoms with E-state index >= 15 is 0 Å². The van der Waals surface area contributed by atoms with Gasteiger partial charge in [-0.15, -0.1) is 23.2 Å². The lowest BCUT2D eigenvalue weighted by Crippen LogP contribution is -2.30. The molecule has 0 spiro atoms. The highest BCUT2D eigenvalue weighted by Crippen LogP contribution is 2.63. The lowest BCUT2D eigenvalue weighted by atomic mass is 10.1. The van der Waals surface area contributed by atoms with Gasteiger partial charge in [0, 0.05) is 10.6 Å². The maximum absolute atomic E-state index is 12.0. The number of alkyl halides is 2. The van der Waals surface area contributed by atoms with Gasteiger partial charge in [0.05, 0.1) is 11.1 Å². The van der Waals surface area contributed by atoms with Crippen LogP contribution >= 0.6 is 34.8 Å². The van der Waals surface area contributed by atoms with Gasteiger partial charge in [0.15, 0.2) is 0 Å². The van der Waals surface area contributed by atoms with Crippen LogP contribution in [0.3, 0.4) is 0 Å². The number of amides is 1. The van der Waals surface area contributed by atoms with Crippen LogP contribution < -0.4 is 5.43 Å². The van der Waals surface area contributed by atoms with E-state index in [0.29, 0.717) is 22.7 Å². The highest BCUT2D eigenvalue weighted by Gasteiger charge is 2.68. The number of aromatic hydroxyl groups is 1. The van der Waals surface area contributed by atoms with Crippen LogP contribution in [-0.4, -0.2) is 21.1 Å². The number of nitrogens with one attached hydrogen (secondary N) is 1. The van der Waals surface area contributed by atoms with E-state index in [4.69, 9.17) is 34.8 Å². The molecular formula is C13H13Cl3N2O2. The Balaban J connectivity index is 2.12. The molecule has 1 aromatic carbocycles. The maximum atomic E-state index is 12.0. The van der Waals surface area contributed by atoms with Crippen molar-refractivity contribution in [1.29, 1.82) is 0 Å². The molecule has 7 heteroatoms. The van der Waals surface area contributed by atoms with Gasteiger partial charge in [-0.25, -0.2) is 5.43 Å². The van der Waals surface area contributed by atoms with E-state index in [-0.39, 0.29) is 11.7 Å². The predicted molar refractivity (Wildman–Crippen MR) is 80.6 cm³/mol. The highest BCUT2D eigenvalue weighted by atomic mass is 35.5. The number of carbonyl (C=O) groups is 1. The molecule has 0 saturated heterocycles. The first kappa shape index (κ1) is 15.4. The Kier molecular flexibility index (Phi) is 3.93. The average molecular weight is 336 g/mol. The SMILES string of the molecule is C/C(=N\NC(=O)[C@]1(C)CC1(Cl)Cl)c1cc(Cl)ccc1O. The van der Waals surface area contributed by atoms with Gasteiger partial charge in [-0.2, -0.15) is 5.10 Å². The standard InChI is InChI=1S/C13H13Cl3N2O2/c1-7(9-5-8(14)3-4-10(9)19)17-18-11(20)12(2)6-13(12,15)16/h3-5,19H,6H2,1-2H3,(H,18,20)/b17-7+/t12-/m0/s1. The minimum Gasteiger partial charge on any atom is -0.507 e. The maximum Gasteiger partial charge on any atom is 0.249 e. The second kappa shape index (κ2) is 5.10. The molecule has 4 nitrogen and oxygen atoms in total. The molecule has 0 heterocycles. The number of nitrogens with zero attached hydrogens (tertiary/aromatic N) is 1. The molecule has 0 aromatic heterocycles. The fraction of sp³-hybridized carbons (Fsp3) is 0.385. The first-order valence-electron chi connectivity index (χ1n) is 5.89. The molecule has 1 aliphatic carbocycles. The van der Waals surface area contributed by atoms with E-state index in [1.807, 2.05) is 0 Å². The Morgan fingerprint density at radius 2 is 2.05 bits per heavy atom. The molecule has 108 valence electrons. The third kappa shape index (κ3) is 2.73. The number of hydrogen-bond acceptors (Lipinski definition) is 3. The molecule has 1 saturated carbocycles. The van der Waals surface area contributed by atoms with Gasteiger partial charge < -0.3 is 5.11 Å². The van der Waals surface area contributed by atoms with Crippen molar-refractivity contribution in [3.05, 3.63) is 28.8 Å². The van der Waals surface area contributed by atoms with Gasteiger partial charge in [-0.3, -0.25) is 4.79 Å². The Morgan fingerprint density at radius 1 is 1.45 bits per heavy atom. The fourth-order valence-corrected chi connectivity index (χ4v) is 2.64. The zero-order chi connectivity index (χ0) is 15.1. The number of phenols is 1. The number of phenolic OH excluding ortho intramolecular Hbond substituents is 1. The van der Waals surface area contributed by atoms with Crippen LogP contribution in [0.5, 0.6) is 5.75 Å². The zero-order valence-corrected chi connectivity index (χ0v) is 13.1. The van der Waals surface area contributed by atoms with Crippen molar-refractivity contribution in [1.82, 2.24) is 5.43 Å². The van der Waals surface area contributed by atoms with Crippen LogP contribution in [0.4, 0.5) is 0 Å². The van der Waals surface area contributed by atoms with E-state index in [1.165, 1.54) is 6.07 Å². The van der Waals surface area contributed by atoms with Gasteiger partial charge in [0.2, 0.25) is 5.91 Å².